The van der Waals surface area contributed by atoms with Gasteiger partial charge in [-0.2, -0.15) is 0 Å². The Morgan fingerprint density at radius 3 is 2.38 bits per heavy atom. The van der Waals surface area contributed by atoms with E-state index in [1.165, 1.54) is 12.8 Å². The van der Waals surface area contributed by atoms with Crippen LogP contribution in [0.15, 0.2) is 0 Å². The van der Waals surface area contributed by atoms with Crippen LogP contribution in [-0.2, 0) is 19.1 Å². The van der Waals surface area contributed by atoms with E-state index in [1.807, 2.05) is 4.90 Å². The number of hydrogen-bond acceptors (Lipinski definition) is 7. The highest BCUT2D eigenvalue weighted by Crippen LogP contribution is 2.28. The molecule has 34 heavy (non-hydrogen) atoms. The predicted molar refractivity (Wildman–Crippen MR) is 130 cm³/mol. The maximum absolute atomic E-state index is 12.9. The van der Waals surface area contributed by atoms with E-state index in [1.54, 1.807) is 13.8 Å². The van der Waals surface area contributed by atoms with Crippen LogP contribution < -0.4 is 0 Å². The lowest BCUT2D eigenvalue weighted by Gasteiger charge is -2.41. The molecule has 0 saturated carbocycles. The molecule has 0 aromatic carbocycles. The number of aliphatic hydroxyl groups is 1. The van der Waals surface area contributed by atoms with Gasteiger partial charge in [0, 0.05) is 32.1 Å². The molecular formula is C26H45N3O5. The number of ketones is 1. The molecule has 8 heteroatoms. The van der Waals surface area contributed by atoms with Gasteiger partial charge in [0.15, 0.2) is 0 Å². The second kappa shape index (κ2) is 12.0. The number of aliphatic hydroxyl groups excluding tert-OH is 1. The third kappa shape index (κ3) is 7.01. The van der Waals surface area contributed by atoms with E-state index in [0.717, 1.165) is 45.6 Å². The van der Waals surface area contributed by atoms with Crippen LogP contribution >= 0.6 is 0 Å². The Morgan fingerprint density at radius 1 is 1.09 bits per heavy atom. The van der Waals surface area contributed by atoms with Gasteiger partial charge in [0.05, 0.1) is 12.6 Å². The topological polar surface area (TPSA) is 90.4 Å². The molecule has 3 fully saturated rings. The highest BCUT2D eigenvalue weighted by Gasteiger charge is 2.39. The molecule has 3 saturated heterocycles. The van der Waals surface area contributed by atoms with Crippen LogP contribution in [0.3, 0.4) is 0 Å². The van der Waals surface area contributed by atoms with Gasteiger partial charge in [0.2, 0.25) is 5.91 Å². The molecule has 0 spiro atoms. The largest absolute Gasteiger partial charge is 0.463 e. The molecule has 3 aliphatic heterocycles. The molecule has 0 aromatic rings. The summed E-state index contributed by atoms with van der Waals surface area (Å²) in [7, 11) is 2.06. The molecule has 0 radical (unpaired) electrons. The molecule has 0 aromatic heterocycles. The predicted octanol–water partition coefficient (Wildman–Crippen LogP) is 1.94. The lowest BCUT2D eigenvalue weighted by atomic mass is 9.85. The quantitative estimate of drug-likeness (QED) is 0.489. The van der Waals surface area contributed by atoms with Gasteiger partial charge in [-0.05, 0) is 84.3 Å². The van der Waals surface area contributed by atoms with Crippen molar-refractivity contribution in [3.05, 3.63) is 0 Å². The Morgan fingerprint density at radius 2 is 1.74 bits per heavy atom. The highest BCUT2D eigenvalue weighted by molar-refractivity contribution is 6.02. The second-order valence-electron chi connectivity index (χ2n) is 11.4. The third-order valence-corrected chi connectivity index (χ3v) is 8.13. The Hall–Kier alpha value is -1.51. The summed E-state index contributed by atoms with van der Waals surface area (Å²) in [6.07, 6.45) is 4.73. The average Bonchev–Trinajstić information content (AvgIpc) is 3.30. The number of hydrogen-bond donors (Lipinski definition) is 1. The van der Waals surface area contributed by atoms with E-state index in [-0.39, 0.29) is 36.7 Å². The van der Waals surface area contributed by atoms with Crippen molar-refractivity contribution in [1.29, 1.82) is 0 Å². The van der Waals surface area contributed by atoms with Crippen molar-refractivity contribution >= 4 is 17.7 Å². The number of Topliss-reactive ketones (excluding diaryl/α,β-unsaturated/α-hetero) is 1. The first-order valence-electron chi connectivity index (χ1n) is 13.2. The maximum Gasteiger partial charge on any atom is 0.319 e. The molecule has 0 aliphatic carbocycles. The van der Waals surface area contributed by atoms with E-state index in [2.05, 4.69) is 23.8 Å². The maximum atomic E-state index is 12.9. The lowest BCUT2D eigenvalue weighted by molar-refractivity contribution is -0.160. The molecule has 194 valence electrons. The molecule has 0 bridgehead atoms. The van der Waals surface area contributed by atoms with Crippen molar-refractivity contribution in [2.24, 2.45) is 17.3 Å². The fraction of sp³-hybridized carbons (Fsp3) is 0.885. The molecule has 0 unspecified atom stereocenters. The number of rotatable bonds is 3. The summed E-state index contributed by atoms with van der Waals surface area (Å²) in [6.45, 7) is 10.4. The van der Waals surface area contributed by atoms with Crippen molar-refractivity contribution in [2.45, 2.75) is 77.9 Å². The monoisotopic (exact) mass is 479 g/mol. The van der Waals surface area contributed by atoms with Crippen LogP contribution in [-0.4, -0.2) is 103 Å². The number of piperidine rings is 1. The van der Waals surface area contributed by atoms with Gasteiger partial charge in [-0.15, -0.1) is 0 Å². The summed E-state index contributed by atoms with van der Waals surface area (Å²) in [6, 6.07) is 0.0195. The van der Waals surface area contributed by atoms with Gasteiger partial charge < -0.3 is 14.7 Å². The van der Waals surface area contributed by atoms with E-state index >= 15 is 0 Å². The fourth-order valence-corrected chi connectivity index (χ4v) is 5.74. The van der Waals surface area contributed by atoms with Crippen LogP contribution in [0.5, 0.6) is 0 Å². The number of amides is 1. The summed E-state index contributed by atoms with van der Waals surface area (Å²) in [5.74, 6) is 0.103. The normalized spacial score (nSPS) is 31.4. The van der Waals surface area contributed by atoms with Gasteiger partial charge in [0.25, 0.3) is 0 Å². The highest BCUT2D eigenvalue weighted by atomic mass is 16.5. The van der Waals surface area contributed by atoms with Crippen molar-refractivity contribution < 1.29 is 24.2 Å². The minimum Gasteiger partial charge on any atom is -0.463 e. The zero-order valence-corrected chi connectivity index (χ0v) is 21.6. The van der Waals surface area contributed by atoms with E-state index in [4.69, 9.17) is 4.74 Å². The van der Waals surface area contributed by atoms with Crippen LogP contribution in [0.25, 0.3) is 0 Å². The Balaban J connectivity index is 1.65. The SMILES string of the molecule is C[C@@H]1C[C@@H](O)CCC(=O)C(C)(C)C(=O)OC[C@@H](C2CCN(C(=O)CN3CCCC3)CC2)N(C)C1. The van der Waals surface area contributed by atoms with Gasteiger partial charge >= 0.3 is 5.97 Å². The second-order valence-corrected chi connectivity index (χ2v) is 11.4. The van der Waals surface area contributed by atoms with Crippen LogP contribution in [0.2, 0.25) is 0 Å². The van der Waals surface area contributed by atoms with Crippen molar-refractivity contribution in [1.82, 2.24) is 14.7 Å². The minimum atomic E-state index is -1.21. The fourth-order valence-electron chi connectivity index (χ4n) is 5.74. The van der Waals surface area contributed by atoms with E-state index in [0.29, 0.717) is 25.3 Å². The first-order valence-corrected chi connectivity index (χ1v) is 13.2. The molecule has 3 atom stereocenters. The number of likely N-dealkylation sites (N-methyl/N-ethyl adjacent to an activating group) is 1. The number of esters is 1. The van der Waals surface area contributed by atoms with Crippen LogP contribution in [0.4, 0.5) is 0 Å². The number of carbonyl (C=O) groups excluding carboxylic acids is 3. The van der Waals surface area contributed by atoms with Gasteiger partial charge in [-0.25, -0.2) is 0 Å². The van der Waals surface area contributed by atoms with Crippen molar-refractivity contribution in [3.8, 4) is 0 Å². The standard InChI is InChI=1S/C26H45N3O5/c1-19-15-21(30)7-8-23(31)26(2,3)25(33)34-18-22(27(4)16-19)20-9-13-29(14-10-20)24(32)17-28-11-5-6-12-28/h19-22,30H,5-18H2,1-4H3/t19-,21+,22+/m1/s1. The molecule has 8 nitrogen and oxygen atoms in total. The summed E-state index contributed by atoms with van der Waals surface area (Å²) in [5.41, 5.74) is -1.21. The van der Waals surface area contributed by atoms with Gasteiger partial charge in [-0.1, -0.05) is 6.92 Å². The molecular weight excluding hydrogens is 434 g/mol. The molecule has 3 heterocycles. The van der Waals surface area contributed by atoms with Crippen LogP contribution in [0.1, 0.15) is 65.7 Å². The summed E-state index contributed by atoms with van der Waals surface area (Å²) in [5, 5.41) is 10.4. The Kier molecular flexibility index (Phi) is 9.52. The first kappa shape index (κ1) is 27.1. The summed E-state index contributed by atoms with van der Waals surface area (Å²) >= 11 is 0. The molecule has 3 rings (SSSR count). The third-order valence-electron chi connectivity index (χ3n) is 8.13. The zero-order valence-electron chi connectivity index (χ0n) is 21.6. The lowest BCUT2D eigenvalue weighted by Crippen LogP contribution is -2.50. The molecule has 1 N–H and O–H groups in total. The van der Waals surface area contributed by atoms with Crippen molar-refractivity contribution in [3.63, 3.8) is 0 Å². The number of nitrogens with zero attached hydrogens (tertiary/aromatic N) is 3. The zero-order chi connectivity index (χ0) is 24.9. The first-order chi connectivity index (χ1) is 16.1. The molecule has 3 aliphatic rings. The number of likely N-dealkylation sites (tertiary alicyclic amines) is 2. The summed E-state index contributed by atoms with van der Waals surface area (Å²) in [4.78, 5) is 44.8. The number of carbonyl (C=O) groups is 3. The van der Waals surface area contributed by atoms with Crippen LogP contribution in [0, 0.1) is 17.3 Å². The van der Waals surface area contributed by atoms with Gasteiger partial charge in [0.1, 0.15) is 17.8 Å². The Bertz CT molecular complexity index is 713. The number of cyclic esters (lactones) is 1. The Labute approximate surface area is 205 Å². The molecule has 1 amide bonds. The van der Waals surface area contributed by atoms with Crippen molar-refractivity contribution in [2.75, 3.05) is 52.9 Å². The smallest absolute Gasteiger partial charge is 0.319 e. The van der Waals surface area contributed by atoms with Gasteiger partial charge in [-0.3, -0.25) is 24.2 Å². The number of ether oxygens (including phenoxy) is 1. The van der Waals surface area contributed by atoms with E-state index < -0.39 is 17.5 Å². The minimum absolute atomic E-state index is 0.0195. The van der Waals surface area contributed by atoms with E-state index in [9.17, 15) is 19.5 Å². The average molecular weight is 480 g/mol. The summed E-state index contributed by atoms with van der Waals surface area (Å²) < 4.78 is 5.75.